The second kappa shape index (κ2) is 7.98. The van der Waals surface area contributed by atoms with Gasteiger partial charge in [-0.05, 0) is 49.8 Å². The molecule has 1 heterocycles. The van der Waals surface area contributed by atoms with Crippen molar-refractivity contribution in [2.45, 2.75) is 13.8 Å². The van der Waals surface area contributed by atoms with E-state index in [4.69, 9.17) is 9.47 Å². The highest BCUT2D eigenvalue weighted by atomic mass is 16.5. The van der Waals surface area contributed by atoms with Crippen LogP contribution in [0.25, 0.3) is 6.08 Å². The van der Waals surface area contributed by atoms with Crippen LogP contribution in [-0.4, -0.2) is 24.0 Å². The van der Waals surface area contributed by atoms with Gasteiger partial charge in [-0.25, -0.2) is 0 Å². The number of benzene rings is 1. The summed E-state index contributed by atoms with van der Waals surface area (Å²) in [4.78, 5) is 16.0. The third-order valence-electron chi connectivity index (χ3n) is 2.91. The molecule has 4 heteroatoms. The molecule has 0 aliphatic rings. The standard InChI is InChI=1S/C18H19NO3/c1-3-21-17-11-9-14(13-18(17)22-4-2)8-10-16(20)15-7-5-6-12-19-15/h5-13H,3-4H2,1-2H3/b10-8+. The van der Waals surface area contributed by atoms with Crippen LogP contribution in [0.5, 0.6) is 11.5 Å². The fourth-order valence-electron chi connectivity index (χ4n) is 1.94. The molecule has 1 aromatic heterocycles. The topological polar surface area (TPSA) is 48.4 Å². The van der Waals surface area contributed by atoms with Crippen LogP contribution in [0.15, 0.2) is 48.7 Å². The molecule has 22 heavy (non-hydrogen) atoms. The van der Waals surface area contributed by atoms with Gasteiger partial charge in [-0.15, -0.1) is 0 Å². The second-order valence-electron chi connectivity index (χ2n) is 4.48. The second-order valence-corrected chi connectivity index (χ2v) is 4.48. The molecule has 2 rings (SSSR count). The van der Waals surface area contributed by atoms with Crippen LogP contribution in [0.3, 0.4) is 0 Å². The summed E-state index contributed by atoms with van der Waals surface area (Å²) >= 11 is 0. The highest BCUT2D eigenvalue weighted by Crippen LogP contribution is 2.29. The fraction of sp³-hybridized carbons (Fsp3) is 0.222. The smallest absolute Gasteiger partial charge is 0.204 e. The Bertz CT molecular complexity index is 651. The minimum absolute atomic E-state index is 0.132. The van der Waals surface area contributed by atoms with Crippen LogP contribution in [0.2, 0.25) is 0 Å². The highest BCUT2D eigenvalue weighted by molar-refractivity contribution is 6.05. The molecule has 0 aliphatic carbocycles. The maximum atomic E-state index is 12.0. The zero-order chi connectivity index (χ0) is 15.8. The molecule has 0 spiro atoms. The largest absolute Gasteiger partial charge is 0.490 e. The van der Waals surface area contributed by atoms with Crippen molar-refractivity contribution in [1.29, 1.82) is 0 Å². The van der Waals surface area contributed by atoms with Crippen LogP contribution >= 0.6 is 0 Å². The summed E-state index contributed by atoms with van der Waals surface area (Å²) in [7, 11) is 0. The first-order valence-corrected chi connectivity index (χ1v) is 7.27. The molecule has 0 bridgehead atoms. The van der Waals surface area contributed by atoms with Crippen molar-refractivity contribution in [2.75, 3.05) is 13.2 Å². The maximum absolute atomic E-state index is 12.0. The van der Waals surface area contributed by atoms with Gasteiger partial charge in [-0.2, -0.15) is 0 Å². The SMILES string of the molecule is CCOc1ccc(/C=C/C(=O)c2ccccn2)cc1OCC. The van der Waals surface area contributed by atoms with E-state index in [9.17, 15) is 4.79 Å². The van der Waals surface area contributed by atoms with Crippen LogP contribution in [0, 0.1) is 0 Å². The van der Waals surface area contributed by atoms with Gasteiger partial charge in [0, 0.05) is 6.20 Å². The number of rotatable bonds is 7. The van der Waals surface area contributed by atoms with E-state index in [2.05, 4.69) is 4.98 Å². The molecule has 0 aliphatic heterocycles. The molecule has 114 valence electrons. The lowest BCUT2D eigenvalue weighted by molar-refractivity contribution is 0.104. The van der Waals surface area contributed by atoms with Gasteiger partial charge < -0.3 is 9.47 Å². The Balaban J connectivity index is 2.17. The molecule has 1 aromatic carbocycles. The number of hydrogen-bond donors (Lipinski definition) is 0. The number of pyridine rings is 1. The van der Waals surface area contributed by atoms with Gasteiger partial charge in [0.15, 0.2) is 11.5 Å². The number of allylic oxidation sites excluding steroid dienone is 1. The summed E-state index contributed by atoms with van der Waals surface area (Å²) in [5.74, 6) is 1.25. The highest BCUT2D eigenvalue weighted by Gasteiger charge is 2.06. The van der Waals surface area contributed by atoms with Crippen molar-refractivity contribution in [3.8, 4) is 11.5 Å². The van der Waals surface area contributed by atoms with Crippen molar-refractivity contribution >= 4 is 11.9 Å². The number of carbonyl (C=O) groups is 1. The lowest BCUT2D eigenvalue weighted by Gasteiger charge is -2.11. The number of nitrogens with zero attached hydrogens (tertiary/aromatic N) is 1. The van der Waals surface area contributed by atoms with Gasteiger partial charge in [0.1, 0.15) is 5.69 Å². The van der Waals surface area contributed by atoms with E-state index in [1.165, 1.54) is 6.08 Å². The number of hydrogen-bond acceptors (Lipinski definition) is 4. The van der Waals surface area contributed by atoms with Crippen LogP contribution in [-0.2, 0) is 0 Å². The van der Waals surface area contributed by atoms with Gasteiger partial charge in [0.05, 0.1) is 13.2 Å². The van der Waals surface area contributed by atoms with Gasteiger partial charge in [-0.3, -0.25) is 9.78 Å². The average Bonchev–Trinajstić information content (AvgIpc) is 2.56. The fourth-order valence-corrected chi connectivity index (χ4v) is 1.94. The molecule has 0 amide bonds. The summed E-state index contributed by atoms with van der Waals surface area (Å²) in [6, 6.07) is 10.8. The predicted molar refractivity (Wildman–Crippen MR) is 86.4 cm³/mol. The Morgan fingerprint density at radius 1 is 1.09 bits per heavy atom. The summed E-state index contributed by atoms with van der Waals surface area (Å²) in [6.45, 7) is 4.98. The van der Waals surface area contributed by atoms with E-state index in [-0.39, 0.29) is 5.78 Å². The quantitative estimate of drug-likeness (QED) is 0.576. The Kier molecular flexibility index (Phi) is 5.72. The van der Waals surface area contributed by atoms with Gasteiger partial charge in [0.2, 0.25) is 5.78 Å². The lowest BCUT2D eigenvalue weighted by Crippen LogP contribution is -1.99. The van der Waals surface area contributed by atoms with Crippen molar-refractivity contribution < 1.29 is 14.3 Å². The minimum Gasteiger partial charge on any atom is -0.490 e. The number of ketones is 1. The molecule has 0 saturated heterocycles. The summed E-state index contributed by atoms with van der Waals surface area (Å²) in [6.07, 6.45) is 4.86. The van der Waals surface area contributed by atoms with Crippen LogP contribution in [0.1, 0.15) is 29.9 Å². The first-order chi connectivity index (χ1) is 10.7. The zero-order valence-corrected chi connectivity index (χ0v) is 12.8. The van der Waals surface area contributed by atoms with Gasteiger partial charge in [0.25, 0.3) is 0 Å². The maximum Gasteiger partial charge on any atom is 0.204 e. The first kappa shape index (κ1) is 15.8. The summed E-state index contributed by atoms with van der Waals surface area (Å²) in [5, 5.41) is 0. The average molecular weight is 297 g/mol. The Morgan fingerprint density at radius 3 is 2.55 bits per heavy atom. The van der Waals surface area contributed by atoms with Crippen molar-refractivity contribution in [2.24, 2.45) is 0 Å². The number of aromatic nitrogens is 1. The van der Waals surface area contributed by atoms with Crippen LogP contribution < -0.4 is 9.47 Å². The van der Waals surface area contributed by atoms with E-state index in [0.717, 1.165) is 5.56 Å². The monoisotopic (exact) mass is 297 g/mol. The molecule has 0 saturated carbocycles. The number of carbonyl (C=O) groups excluding carboxylic acids is 1. The van der Waals surface area contributed by atoms with Crippen molar-refractivity contribution in [3.05, 3.63) is 59.9 Å². The van der Waals surface area contributed by atoms with E-state index >= 15 is 0 Å². The molecule has 0 fully saturated rings. The van der Waals surface area contributed by atoms with Gasteiger partial charge >= 0.3 is 0 Å². The van der Waals surface area contributed by atoms with Crippen LogP contribution in [0.4, 0.5) is 0 Å². The first-order valence-electron chi connectivity index (χ1n) is 7.27. The zero-order valence-electron chi connectivity index (χ0n) is 12.8. The van der Waals surface area contributed by atoms with Crippen molar-refractivity contribution in [3.63, 3.8) is 0 Å². The number of ether oxygens (including phenoxy) is 2. The van der Waals surface area contributed by atoms with Gasteiger partial charge in [-0.1, -0.05) is 18.2 Å². The Morgan fingerprint density at radius 2 is 1.86 bits per heavy atom. The lowest BCUT2D eigenvalue weighted by atomic mass is 10.1. The molecule has 0 atom stereocenters. The normalized spacial score (nSPS) is 10.6. The summed E-state index contributed by atoms with van der Waals surface area (Å²) < 4.78 is 11.1. The molecule has 0 unspecified atom stereocenters. The predicted octanol–water partition coefficient (Wildman–Crippen LogP) is 3.78. The third kappa shape index (κ3) is 4.19. The van der Waals surface area contributed by atoms with Crippen molar-refractivity contribution in [1.82, 2.24) is 4.98 Å². The molecular formula is C18H19NO3. The molecule has 2 aromatic rings. The van der Waals surface area contributed by atoms with E-state index in [1.54, 1.807) is 30.5 Å². The Labute approximate surface area is 130 Å². The molecule has 0 radical (unpaired) electrons. The summed E-state index contributed by atoms with van der Waals surface area (Å²) in [5.41, 5.74) is 1.30. The van der Waals surface area contributed by atoms with E-state index < -0.39 is 0 Å². The van der Waals surface area contributed by atoms with E-state index in [0.29, 0.717) is 30.4 Å². The Hall–Kier alpha value is -2.62. The van der Waals surface area contributed by atoms with E-state index in [1.807, 2.05) is 32.0 Å². The molecule has 0 N–H and O–H groups in total. The minimum atomic E-state index is -0.132. The molecular weight excluding hydrogens is 278 g/mol. The third-order valence-corrected chi connectivity index (χ3v) is 2.91. The molecule has 4 nitrogen and oxygen atoms in total.